The van der Waals surface area contributed by atoms with Gasteiger partial charge in [0.05, 0.1) is 13.2 Å². The summed E-state index contributed by atoms with van der Waals surface area (Å²) in [6.45, 7) is 12.3. The Kier molecular flexibility index (Phi) is 14.2. The van der Waals surface area contributed by atoms with Crippen molar-refractivity contribution in [3.05, 3.63) is 0 Å². The van der Waals surface area contributed by atoms with Crippen molar-refractivity contribution in [1.29, 1.82) is 0 Å². The summed E-state index contributed by atoms with van der Waals surface area (Å²) in [6, 6.07) is 0.445. The molecule has 1 atom stereocenters. The zero-order valence-corrected chi connectivity index (χ0v) is 18.5. The summed E-state index contributed by atoms with van der Waals surface area (Å²) in [6.07, 6.45) is 1.41. The number of rotatable bonds is 9. The molecule has 1 fully saturated rings. The smallest absolute Gasteiger partial charge is 0.221 e. The van der Waals surface area contributed by atoms with Crippen molar-refractivity contribution < 1.29 is 9.53 Å². The third-order valence-electron chi connectivity index (χ3n) is 4.20. The van der Waals surface area contributed by atoms with E-state index in [1.165, 1.54) is 0 Å². The van der Waals surface area contributed by atoms with Crippen molar-refractivity contribution in [2.45, 2.75) is 39.7 Å². The summed E-state index contributed by atoms with van der Waals surface area (Å²) in [5.41, 5.74) is 0. The highest BCUT2D eigenvalue weighted by molar-refractivity contribution is 14.0. The van der Waals surface area contributed by atoms with E-state index in [1.807, 2.05) is 6.92 Å². The normalized spacial score (nSPS) is 16.9. The molecule has 1 amide bonds. The van der Waals surface area contributed by atoms with E-state index >= 15 is 0 Å². The maximum atomic E-state index is 11.6. The molecule has 25 heavy (non-hydrogen) atoms. The lowest BCUT2D eigenvalue weighted by Crippen LogP contribution is -2.52. The van der Waals surface area contributed by atoms with Crippen molar-refractivity contribution >= 4 is 35.8 Å². The predicted octanol–water partition coefficient (Wildman–Crippen LogP) is 1.04. The standard InChI is InChI=1S/C17H35N5O2.HI/c1-5-7-19-16(23)6-8-20-17(18-4)21-13-15(14(2)3)22-9-11-24-12-10-22;/h14-15H,5-13H2,1-4H3,(H,19,23)(H2,18,20,21);1H. The molecule has 8 heteroatoms. The second-order valence-electron chi connectivity index (χ2n) is 6.44. The van der Waals surface area contributed by atoms with Crippen LogP contribution < -0.4 is 16.0 Å². The summed E-state index contributed by atoms with van der Waals surface area (Å²) in [4.78, 5) is 18.3. The Labute approximate surface area is 169 Å². The Morgan fingerprint density at radius 1 is 1.16 bits per heavy atom. The monoisotopic (exact) mass is 469 g/mol. The van der Waals surface area contributed by atoms with Gasteiger partial charge in [0.1, 0.15) is 0 Å². The fraction of sp³-hybridized carbons (Fsp3) is 0.882. The van der Waals surface area contributed by atoms with Crippen LogP contribution in [0.3, 0.4) is 0 Å². The number of morpholine rings is 1. The van der Waals surface area contributed by atoms with Crippen LogP contribution in [0, 0.1) is 5.92 Å². The van der Waals surface area contributed by atoms with Gasteiger partial charge in [-0.05, 0) is 12.3 Å². The minimum Gasteiger partial charge on any atom is -0.379 e. The number of carbonyl (C=O) groups is 1. The van der Waals surface area contributed by atoms with E-state index < -0.39 is 0 Å². The fourth-order valence-electron chi connectivity index (χ4n) is 2.76. The molecular weight excluding hydrogens is 433 g/mol. The van der Waals surface area contributed by atoms with Gasteiger partial charge in [-0.2, -0.15) is 0 Å². The lowest BCUT2D eigenvalue weighted by atomic mass is 10.0. The molecule has 0 bridgehead atoms. The molecule has 0 spiro atoms. The molecule has 1 saturated heterocycles. The molecule has 1 heterocycles. The van der Waals surface area contributed by atoms with E-state index in [1.54, 1.807) is 7.05 Å². The number of hydrogen-bond acceptors (Lipinski definition) is 4. The number of carbonyl (C=O) groups excluding carboxylic acids is 1. The molecule has 1 rings (SSSR count). The van der Waals surface area contributed by atoms with Gasteiger partial charge < -0.3 is 20.7 Å². The van der Waals surface area contributed by atoms with Crippen LogP contribution in [0.2, 0.25) is 0 Å². The van der Waals surface area contributed by atoms with Crippen LogP contribution in [0.5, 0.6) is 0 Å². The first kappa shape index (κ1) is 24.4. The Bertz CT molecular complexity index is 387. The Morgan fingerprint density at radius 3 is 2.40 bits per heavy atom. The highest BCUT2D eigenvalue weighted by atomic mass is 127. The number of aliphatic imine (C=N–C) groups is 1. The van der Waals surface area contributed by atoms with Gasteiger partial charge in [0.15, 0.2) is 5.96 Å². The quantitative estimate of drug-likeness (QED) is 0.267. The van der Waals surface area contributed by atoms with E-state index in [4.69, 9.17) is 4.74 Å². The van der Waals surface area contributed by atoms with Gasteiger partial charge in [0.25, 0.3) is 0 Å². The summed E-state index contributed by atoms with van der Waals surface area (Å²) < 4.78 is 5.44. The highest BCUT2D eigenvalue weighted by Crippen LogP contribution is 2.12. The van der Waals surface area contributed by atoms with Gasteiger partial charge >= 0.3 is 0 Å². The minimum absolute atomic E-state index is 0. The number of hydrogen-bond donors (Lipinski definition) is 3. The third kappa shape index (κ3) is 10.2. The Morgan fingerprint density at radius 2 is 1.84 bits per heavy atom. The molecule has 148 valence electrons. The van der Waals surface area contributed by atoms with Crippen molar-refractivity contribution in [3.63, 3.8) is 0 Å². The fourth-order valence-corrected chi connectivity index (χ4v) is 2.76. The lowest BCUT2D eigenvalue weighted by Gasteiger charge is -2.37. The first-order chi connectivity index (χ1) is 11.6. The Hall–Kier alpha value is -0.610. The Balaban J connectivity index is 0.00000576. The van der Waals surface area contributed by atoms with Crippen LogP contribution in [0.15, 0.2) is 4.99 Å². The molecule has 0 radical (unpaired) electrons. The predicted molar refractivity (Wildman–Crippen MR) is 114 cm³/mol. The summed E-state index contributed by atoms with van der Waals surface area (Å²) in [5.74, 6) is 1.37. The first-order valence-electron chi connectivity index (χ1n) is 9.11. The molecule has 1 aliphatic rings. The second kappa shape index (κ2) is 14.5. The maximum Gasteiger partial charge on any atom is 0.221 e. The van der Waals surface area contributed by atoms with Gasteiger partial charge in [-0.25, -0.2) is 0 Å². The van der Waals surface area contributed by atoms with Crippen LogP contribution in [-0.2, 0) is 9.53 Å². The van der Waals surface area contributed by atoms with Crippen LogP contribution in [-0.4, -0.2) is 75.8 Å². The van der Waals surface area contributed by atoms with Crippen molar-refractivity contribution in [1.82, 2.24) is 20.9 Å². The molecule has 0 saturated carbocycles. The third-order valence-corrected chi connectivity index (χ3v) is 4.20. The van der Waals surface area contributed by atoms with Crippen LogP contribution in [0.25, 0.3) is 0 Å². The zero-order chi connectivity index (χ0) is 17.8. The van der Waals surface area contributed by atoms with Gasteiger partial charge in [-0.3, -0.25) is 14.7 Å². The average Bonchev–Trinajstić information content (AvgIpc) is 2.59. The number of halogens is 1. The van der Waals surface area contributed by atoms with E-state index in [0.717, 1.165) is 51.8 Å². The molecule has 0 aromatic rings. The summed E-state index contributed by atoms with van der Waals surface area (Å²) in [7, 11) is 1.76. The highest BCUT2D eigenvalue weighted by Gasteiger charge is 2.23. The van der Waals surface area contributed by atoms with E-state index in [-0.39, 0.29) is 29.9 Å². The molecule has 0 aromatic carbocycles. The molecular formula is C17H36IN5O2. The second-order valence-corrected chi connectivity index (χ2v) is 6.44. The van der Waals surface area contributed by atoms with Crippen LogP contribution >= 0.6 is 24.0 Å². The van der Waals surface area contributed by atoms with Gasteiger partial charge in [-0.15, -0.1) is 24.0 Å². The van der Waals surface area contributed by atoms with E-state index in [2.05, 4.69) is 39.7 Å². The largest absolute Gasteiger partial charge is 0.379 e. The van der Waals surface area contributed by atoms with Crippen molar-refractivity contribution in [2.24, 2.45) is 10.9 Å². The van der Waals surface area contributed by atoms with E-state index in [0.29, 0.717) is 24.9 Å². The summed E-state index contributed by atoms with van der Waals surface area (Å²) in [5, 5.41) is 9.47. The van der Waals surface area contributed by atoms with E-state index in [9.17, 15) is 4.79 Å². The van der Waals surface area contributed by atoms with Gasteiger partial charge in [0.2, 0.25) is 5.91 Å². The SMILES string of the molecule is CCCNC(=O)CCNC(=NC)NCC(C(C)C)N1CCOCC1.I. The number of ether oxygens (including phenoxy) is 1. The van der Waals surface area contributed by atoms with Crippen LogP contribution in [0.4, 0.5) is 0 Å². The molecule has 7 nitrogen and oxygen atoms in total. The molecule has 1 unspecified atom stereocenters. The van der Waals surface area contributed by atoms with Crippen LogP contribution in [0.1, 0.15) is 33.6 Å². The zero-order valence-electron chi connectivity index (χ0n) is 16.1. The summed E-state index contributed by atoms with van der Waals surface area (Å²) >= 11 is 0. The molecule has 3 N–H and O–H groups in total. The number of amides is 1. The first-order valence-corrected chi connectivity index (χ1v) is 9.11. The number of nitrogens with zero attached hydrogens (tertiary/aromatic N) is 2. The average molecular weight is 469 g/mol. The van der Waals surface area contributed by atoms with Gasteiger partial charge in [0, 0.05) is 52.2 Å². The maximum absolute atomic E-state index is 11.6. The number of nitrogens with one attached hydrogen (secondary N) is 3. The molecule has 1 aliphatic heterocycles. The van der Waals surface area contributed by atoms with Crippen molar-refractivity contribution in [2.75, 3.05) is 53.0 Å². The number of guanidine groups is 1. The lowest BCUT2D eigenvalue weighted by molar-refractivity contribution is -0.120. The molecule has 0 aromatic heterocycles. The van der Waals surface area contributed by atoms with Gasteiger partial charge in [-0.1, -0.05) is 20.8 Å². The topological polar surface area (TPSA) is 78.0 Å². The molecule has 0 aliphatic carbocycles. The van der Waals surface area contributed by atoms with Crippen molar-refractivity contribution in [3.8, 4) is 0 Å². The minimum atomic E-state index is 0.